The van der Waals surface area contributed by atoms with E-state index in [1.165, 1.54) is 12.1 Å². The van der Waals surface area contributed by atoms with Crippen molar-refractivity contribution in [1.82, 2.24) is 0 Å². The van der Waals surface area contributed by atoms with Crippen molar-refractivity contribution in [3.8, 4) is 0 Å². The van der Waals surface area contributed by atoms with E-state index in [0.717, 1.165) is 27.8 Å². The van der Waals surface area contributed by atoms with E-state index >= 15 is 0 Å². The van der Waals surface area contributed by atoms with Crippen LogP contribution in [0.1, 0.15) is 43.7 Å². The van der Waals surface area contributed by atoms with Crippen molar-refractivity contribution in [1.29, 1.82) is 0 Å². The van der Waals surface area contributed by atoms with Crippen LogP contribution < -0.4 is 5.32 Å². The summed E-state index contributed by atoms with van der Waals surface area (Å²) in [5, 5.41) is 13.6. The fourth-order valence-electron chi connectivity index (χ4n) is 3.15. The smallest absolute Gasteiger partial charge is 0.339 e. The number of rotatable bonds is 5. The van der Waals surface area contributed by atoms with Crippen LogP contribution in [0.15, 0.2) is 18.2 Å². The molecular weight excluding hydrogens is 360 g/mol. The number of benzene rings is 2. The number of hydrogen-bond donors (Lipinski definition) is 1. The lowest BCUT2D eigenvalue weighted by atomic mass is 9.90. The Labute approximate surface area is 163 Å². The molecule has 0 aliphatic heterocycles. The maximum Gasteiger partial charge on any atom is 0.339 e. The van der Waals surface area contributed by atoms with Crippen molar-refractivity contribution < 1.29 is 19.2 Å². The predicted molar refractivity (Wildman–Crippen MR) is 107 cm³/mol. The SMILES string of the molecule is Cc1cccc([N+](=O)[O-])c1NC(=O)COC(=O)c1c(C)c(C)c(C)c(C)c1C. The fraction of sp³-hybridized carbons (Fsp3) is 0.333. The van der Waals surface area contributed by atoms with Gasteiger partial charge in [0.05, 0.1) is 10.5 Å². The van der Waals surface area contributed by atoms with Gasteiger partial charge >= 0.3 is 5.97 Å². The second-order valence-corrected chi connectivity index (χ2v) is 6.85. The number of ether oxygens (including phenoxy) is 1. The van der Waals surface area contributed by atoms with Gasteiger partial charge in [-0.25, -0.2) is 4.79 Å². The van der Waals surface area contributed by atoms with E-state index < -0.39 is 23.4 Å². The molecule has 28 heavy (non-hydrogen) atoms. The van der Waals surface area contributed by atoms with Crippen molar-refractivity contribution in [2.24, 2.45) is 0 Å². The summed E-state index contributed by atoms with van der Waals surface area (Å²) in [4.78, 5) is 35.4. The number of hydrogen-bond acceptors (Lipinski definition) is 5. The molecule has 7 nitrogen and oxygen atoms in total. The second kappa shape index (κ2) is 8.21. The van der Waals surface area contributed by atoms with Gasteiger partial charge in [0, 0.05) is 6.07 Å². The summed E-state index contributed by atoms with van der Waals surface area (Å²) in [7, 11) is 0. The van der Waals surface area contributed by atoms with Gasteiger partial charge in [-0.2, -0.15) is 0 Å². The number of anilines is 1. The predicted octanol–water partition coefficient (Wildman–Crippen LogP) is 4.24. The van der Waals surface area contributed by atoms with E-state index in [2.05, 4.69) is 5.32 Å². The molecule has 0 heterocycles. The van der Waals surface area contributed by atoms with Gasteiger partial charge in [0.1, 0.15) is 5.69 Å². The Morgan fingerprint density at radius 1 is 0.964 bits per heavy atom. The topological polar surface area (TPSA) is 98.5 Å². The van der Waals surface area contributed by atoms with Crippen LogP contribution in [-0.2, 0) is 9.53 Å². The number of nitrogens with zero attached hydrogens (tertiary/aromatic N) is 1. The zero-order valence-corrected chi connectivity index (χ0v) is 16.9. The number of carbonyl (C=O) groups excluding carboxylic acids is 2. The first-order valence-electron chi connectivity index (χ1n) is 8.84. The number of nitro benzene ring substituents is 1. The van der Waals surface area contributed by atoms with Crippen LogP contribution in [0.25, 0.3) is 0 Å². The summed E-state index contributed by atoms with van der Waals surface area (Å²) in [5.41, 5.74) is 5.67. The Balaban J connectivity index is 2.17. The largest absolute Gasteiger partial charge is 0.452 e. The average molecular weight is 384 g/mol. The summed E-state index contributed by atoms with van der Waals surface area (Å²) in [6.45, 7) is 10.7. The molecule has 0 bridgehead atoms. The quantitative estimate of drug-likeness (QED) is 0.472. The molecule has 0 fully saturated rings. The Bertz CT molecular complexity index is 950. The molecule has 0 radical (unpaired) electrons. The summed E-state index contributed by atoms with van der Waals surface area (Å²) in [6, 6.07) is 4.50. The minimum Gasteiger partial charge on any atom is -0.452 e. The Kier molecular flexibility index (Phi) is 6.18. The standard InChI is InChI=1S/C21H24N2O5/c1-11-8-7-9-17(23(26)27)20(11)22-18(24)10-28-21(25)19-15(5)13(3)12(2)14(4)16(19)6/h7-9H,10H2,1-6H3,(H,22,24). The lowest BCUT2D eigenvalue weighted by Crippen LogP contribution is -2.23. The first-order valence-corrected chi connectivity index (χ1v) is 8.84. The molecule has 0 saturated heterocycles. The van der Waals surface area contributed by atoms with Crippen molar-refractivity contribution in [3.63, 3.8) is 0 Å². The Hall–Kier alpha value is -3.22. The number of aryl methyl sites for hydroxylation is 1. The van der Waals surface area contributed by atoms with Crippen molar-refractivity contribution in [2.75, 3.05) is 11.9 Å². The molecule has 0 atom stereocenters. The molecular formula is C21H24N2O5. The van der Waals surface area contributed by atoms with Crippen LogP contribution in [-0.4, -0.2) is 23.4 Å². The van der Waals surface area contributed by atoms with E-state index in [1.54, 1.807) is 13.0 Å². The number of amides is 1. The molecule has 1 N–H and O–H groups in total. The minimum atomic E-state index is -0.637. The first kappa shape index (κ1) is 21.1. The monoisotopic (exact) mass is 384 g/mol. The van der Waals surface area contributed by atoms with Crippen LogP contribution in [0, 0.1) is 51.7 Å². The van der Waals surface area contributed by atoms with Gasteiger partial charge in [0.25, 0.3) is 11.6 Å². The van der Waals surface area contributed by atoms with Crippen LogP contribution in [0.3, 0.4) is 0 Å². The van der Waals surface area contributed by atoms with E-state index in [-0.39, 0.29) is 11.4 Å². The van der Waals surface area contributed by atoms with Gasteiger partial charge in [-0.3, -0.25) is 14.9 Å². The van der Waals surface area contributed by atoms with Gasteiger partial charge in [0.2, 0.25) is 0 Å². The zero-order chi connectivity index (χ0) is 21.2. The maximum atomic E-state index is 12.6. The molecule has 0 saturated carbocycles. The van der Waals surface area contributed by atoms with Crippen molar-refractivity contribution in [3.05, 3.63) is 67.3 Å². The molecule has 0 aliphatic carbocycles. The zero-order valence-electron chi connectivity index (χ0n) is 16.9. The third kappa shape index (κ3) is 4.03. The van der Waals surface area contributed by atoms with E-state index in [9.17, 15) is 19.7 Å². The van der Waals surface area contributed by atoms with E-state index in [1.807, 2.05) is 34.6 Å². The number of para-hydroxylation sites is 1. The van der Waals surface area contributed by atoms with Gasteiger partial charge < -0.3 is 10.1 Å². The molecule has 0 spiro atoms. The highest BCUT2D eigenvalue weighted by Crippen LogP contribution is 2.28. The van der Waals surface area contributed by atoms with Gasteiger partial charge in [-0.05, 0) is 74.9 Å². The molecule has 0 unspecified atom stereocenters. The first-order chi connectivity index (χ1) is 13.1. The Morgan fingerprint density at radius 3 is 2.04 bits per heavy atom. The second-order valence-electron chi connectivity index (χ2n) is 6.85. The van der Waals surface area contributed by atoms with Crippen LogP contribution in [0.4, 0.5) is 11.4 Å². The highest BCUT2D eigenvalue weighted by Gasteiger charge is 2.22. The number of nitrogens with one attached hydrogen (secondary N) is 1. The van der Waals surface area contributed by atoms with E-state index in [4.69, 9.17) is 4.74 Å². The van der Waals surface area contributed by atoms with Crippen molar-refractivity contribution >= 4 is 23.3 Å². The highest BCUT2D eigenvalue weighted by molar-refractivity contribution is 5.98. The summed E-state index contributed by atoms with van der Waals surface area (Å²) < 4.78 is 5.19. The summed E-state index contributed by atoms with van der Waals surface area (Å²) >= 11 is 0. The van der Waals surface area contributed by atoms with E-state index in [0.29, 0.717) is 11.1 Å². The maximum absolute atomic E-state index is 12.6. The van der Waals surface area contributed by atoms with Gasteiger partial charge in [-0.1, -0.05) is 12.1 Å². The van der Waals surface area contributed by atoms with Crippen LogP contribution >= 0.6 is 0 Å². The molecule has 1 amide bonds. The minimum absolute atomic E-state index is 0.0999. The molecule has 0 aromatic heterocycles. The molecule has 0 aliphatic rings. The van der Waals surface area contributed by atoms with Crippen LogP contribution in [0.2, 0.25) is 0 Å². The molecule has 2 aromatic carbocycles. The number of carbonyl (C=O) groups is 2. The third-order valence-electron chi connectivity index (χ3n) is 5.25. The average Bonchev–Trinajstić information content (AvgIpc) is 2.64. The molecule has 148 valence electrons. The normalized spacial score (nSPS) is 10.5. The third-order valence-corrected chi connectivity index (χ3v) is 5.25. The lowest BCUT2D eigenvalue weighted by Gasteiger charge is -2.17. The molecule has 2 rings (SSSR count). The molecule has 7 heteroatoms. The lowest BCUT2D eigenvalue weighted by molar-refractivity contribution is -0.384. The van der Waals surface area contributed by atoms with Crippen molar-refractivity contribution in [2.45, 2.75) is 41.5 Å². The summed E-state index contributed by atoms with van der Waals surface area (Å²) in [5.74, 6) is -1.22. The fourth-order valence-corrected chi connectivity index (χ4v) is 3.15. The van der Waals surface area contributed by atoms with Gasteiger partial charge in [-0.15, -0.1) is 0 Å². The van der Waals surface area contributed by atoms with Gasteiger partial charge in [0.15, 0.2) is 6.61 Å². The molecule has 2 aromatic rings. The number of nitro groups is 1. The van der Waals surface area contributed by atoms with Crippen LogP contribution in [0.5, 0.6) is 0 Å². The Morgan fingerprint density at radius 2 is 1.50 bits per heavy atom. The number of esters is 1. The highest BCUT2D eigenvalue weighted by atomic mass is 16.6. The summed E-state index contributed by atoms with van der Waals surface area (Å²) in [6.07, 6.45) is 0.